The van der Waals surface area contributed by atoms with Gasteiger partial charge in [0, 0.05) is 17.1 Å². The molecule has 0 atom stereocenters. The van der Waals surface area contributed by atoms with Crippen LogP contribution in [-0.4, -0.2) is 11.6 Å². The summed E-state index contributed by atoms with van der Waals surface area (Å²) >= 11 is 0. The van der Waals surface area contributed by atoms with Crippen LogP contribution in [-0.2, 0) is 5.41 Å². The molecule has 206 valence electrons. The van der Waals surface area contributed by atoms with Gasteiger partial charge < -0.3 is 4.74 Å². The van der Waals surface area contributed by atoms with Crippen molar-refractivity contribution in [2.45, 2.75) is 97.3 Å². The van der Waals surface area contributed by atoms with Gasteiger partial charge >= 0.3 is 0 Å². The molecule has 1 heterocycles. The molecule has 39 heavy (non-hydrogen) atoms. The molecule has 2 nitrogen and oxygen atoms in total. The number of rotatable bonds is 15. The maximum absolute atomic E-state index is 6.19. The largest absolute Gasteiger partial charge is 0.494 e. The molecule has 0 saturated heterocycles. The lowest BCUT2D eigenvalue weighted by Crippen LogP contribution is -2.20. The molecule has 4 aromatic rings. The molecule has 3 aromatic carbocycles. The Morgan fingerprint density at radius 1 is 0.692 bits per heavy atom. The van der Waals surface area contributed by atoms with Gasteiger partial charge in [0.05, 0.1) is 12.3 Å². The first kappa shape index (κ1) is 28.9. The van der Waals surface area contributed by atoms with Crippen molar-refractivity contribution >= 4 is 10.8 Å². The van der Waals surface area contributed by atoms with Crippen molar-refractivity contribution in [2.75, 3.05) is 6.61 Å². The van der Waals surface area contributed by atoms with Gasteiger partial charge in [-0.05, 0) is 71.0 Å². The van der Waals surface area contributed by atoms with E-state index in [1.54, 1.807) is 0 Å². The smallest absolute Gasteiger partial charge is 0.119 e. The van der Waals surface area contributed by atoms with Crippen molar-refractivity contribution < 1.29 is 4.74 Å². The summed E-state index contributed by atoms with van der Waals surface area (Å²) in [5.74, 6) is 0.955. The Labute approximate surface area is 236 Å². The standard InChI is InChI=1S/C37H47NO/c1-5-8-9-10-11-12-13-16-26-39-32-20-17-19-30(27-32)31-22-23-35(37(4,6-2)7-3)34(28-31)36-33-21-15-14-18-29(33)24-25-38-36/h14-15,17-25,27-28H,5-13,16,26H2,1-4H3. The number of fused-ring (bicyclic) bond motifs is 1. The third-order valence-electron chi connectivity index (χ3n) is 8.59. The van der Waals surface area contributed by atoms with E-state index in [9.17, 15) is 0 Å². The zero-order valence-corrected chi connectivity index (χ0v) is 24.6. The van der Waals surface area contributed by atoms with Crippen LogP contribution < -0.4 is 4.74 Å². The van der Waals surface area contributed by atoms with Crippen molar-refractivity contribution in [1.29, 1.82) is 0 Å². The van der Waals surface area contributed by atoms with E-state index in [0.717, 1.165) is 37.3 Å². The second kappa shape index (κ2) is 14.3. The van der Waals surface area contributed by atoms with Crippen LogP contribution in [0.4, 0.5) is 0 Å². The van der Waals surface area contributed by atoms with Gasteiger partial charge in [0.25, 0.3) is 0 Å². The SMILES string of the molecule is CCCCCCCCCCOc1cccc(-c2ccc(C(C)(CC)CC)c(-c3nccc4ccccc34)c2)c1. The highest BCUT2D eigenvalue weighted by molar-refractivity contribution is 5.96. The van der Waals surface area contributed by atoms with Crippen molar-refractivity contribution in [3.63, 3.8) is 0 Å². The number of hydrogen-bond donors (Lipinski definition) is 0. The number of benzene rings is 3. The van der Waals surface area contributed by atoms with Crippen LogP contribution >= 0.6 is 0 Å². The molecule has 0 unspecified atom stereocenters. The minimum Gasteiger partial charge on any atom is -0.494 e. The van der Waals surface area contributed by atoms with E-state index in [1.807, 2.05) is 6.20 Å². The Bertz CT molecular complexity index is 1310. The fourth-order valence-corrected chi connectivity index (χ4v) is 5.60. The summed E-state index contributed by atoms with van der Waals surface area (Å²) in [5.41, 5.74) is 6.16. The fraction of sp³-hybridized carbons (Fsp3) is 0.432. The maximum atomic E-state index is 6.19. The van der Waals surface area contributed by atoms with E-state index in [1.165, 1.54) is 78.0 Å². The first-order chi connectivity index (χ1) is 19.1. The third kappa shape index (κ3) is 7.29. The van der Waals surface area contributed by atoms with Crippen LogP contribution in [0.3, 0.4) is 0 Å². The molecule has 0 N–H and O–H groups in total. The van der Waals surface area contributed by atoms with Crippen molar-refractivity contribution in [3.8, 4) is 28.1 Å². The lowest BCUT2D eigenvalue weighted by molar-refractivity contribution is 0.304. The summed E-state index contributed by atoms with van der Waals surface area (Å²) in [4.78, 5) is 4.93. The molecule has 0 saturated carbocycles. The Hall–Kier alpha value is -3.13. The molecule has 0 aliphatic heterocycles. The Morgan fingerprint density at radius 3 is 2.18 bits per heavy atom. The third-order valence-corrected chi connectivity index (χ3v) is 8.59. The molecule has 0 radical (unpaired) electrons. The average Bonchev–Trinajstić information content (AvgIpc) is 2.99. The summed E-state index contributed by atoms with van der Waals surface area (Å²) in [7, 11) is 0. The van der Waals surface area contributed by atoms with Crippen LogP contribution in [0, 0.1) is 0 Å². The van der Waals surface area contributed by atoms with Crippen molar-refractivity contribution in [1.82, 2.24) is 4.98 Å². The number of nitrogens with zero attached hydrogens (tertiary/aromatic N) is 1. The van der Waals surface area contributed by atoms with Crippen LogP contribution in [0.2, 0.25) is 0 Å². The van der Waals surface area contributed by atoms with E-state index in [4.69, 9.17) is 9.72 Å². The van der Waals surface area contributed by atoms with Crippen LogP contribution in [0.25, 0.3) is 33.2 Å². The van der Waals surface area contributed by atoms with Gasteiger partial charge in [0.1, 0.15) is 5.75 Å². The van der Waals surface area contributed by atoms with Gasteiger partial charge in [-0.15, -0.1) is 0 Å². The highest BCUT2D eigenvalue weighted by atomic mass is 16.5. The Balaban J connectivity index is 1.56. The molecule has 0 spiro atoms. The Kier molecular flexibility index (Phi) is 10.6. The minimum atomic E-state index is 0.0907. The van der Waals surface area contributed by atoms with Gasteiger partial charge in [-0.25, -0.2) is 0 Å². The molecule has 0 aliphatic rings. The topological polar surface area (TPSA) is 22.1 Å². The summed E-state index contributed by atoms with van der Waals surface area (Å²) < 4.78 is 6.19. The van der Waals surface area contributed by atoms with Gasteiger partial charge in [-0.2, -0.15) is 0 Å². The summed E-state index contributed by atoms with van der Waals surface area (Å²) in [6.45, 7) is 10.0. The predicted molar refractivity (Wildman–Crippen MR) is 169 cm³/mol. The van der Waals surface area contributed by atoms with E-state index < -0.39 is 0 Å². The van der Waals surface area contributed by atoms with Crippen LogP contribution in [0.15, 0.2) is 79.0 Å². The van der Waals surface area contributed by atoms with Gasteiger partial charge in [0.2, 0.25) is 0 Å². The van der Waals surface area contributed by atoms with Crippen molar-refractivity contribution in [3.05, 3.63) is 84.6 Å². The highest BCUT2D eigenvalue weighted by Gasteiger charge is 2.27. The normalized spacial score (nSPS) is 11.7. The molecular formula is C37H47NO. The fourth-order valence-electron chi connectivity index (χ4n) is 5.60. The summed E-state index contributed by atoms with van der Waals surface area (Å²) in [6.07, 6.45) is 14.6. The monoisotopic (exact) mass is 521 g/mol. The number of pyridine rings is 1. The highest BCUT2D eigenvalue weighted by Crippen LogP contribution is 2.41. The second-order valence-electron chi connectivity index (χ2n) is 11.3. The molecule has 0 aliphatic carbocycles. The minimum absolute atomic E-state index is 0.0907. The van der Waals surface area contributed by atoms with Crippen molar-refractivity contribution in [2.24, 2.45) is 0 Å². The second-order valence-corrected chi connectivity index (χ2v) is 11.3. The average molecular weight is 522 g/mol. The number of ether oxygens (including phenoxy) is 1. The quantitative estimate of drug-likeness (QED) is 0.145. The molecule has 0 bridgehead atoms. The number of aromatic nitrogens is 1. The van der Waals surface area contributed by atoms with Crippen LogP contribution in [0.5, 0.6) is 5.75 Å². The zero-order valence-electron chi connectivity index (χ0n) is 24.6. The summed E-state index contributed by atoms with van der Waals surface area (Å²) in [5, 5.41) is 2.43. The maximum Gasteiger partial charge on any atom is 0.119 e. The van der Waals surface area contributed by atoms with E-state index >= 15 is 0 Å². The van der Waals surface area contributed by atoms with Gasteiger partial charge in [-0.1, -0.05) is 121 Å². The molecule has 1 aromatic heterocycles. The zero-order chi connectivity index (χ0) is 27.5. The first-order valence-electron chi connectivity index (χ1n) is 15.3. The lowest BCUT2D eigenvalue weighted by atomic mass is 9.74. The first-order valence-corrected chi connectivity index (χ1v) is 15.3. The number of unbranched alkanes of at least 4 members (excludes halogenated alkanes) is 7. The van der Waals surface area contributed by atoms with Crippen LogP contribution in [0.1, 0.15) is 97.5 Å². The van der Waals surface area contributed by atoms with E-state index in [0.29, 0.717) is 0 Å². The van der Waals surface area contributed by atoms with Gasteiger partial charge in [0.15, 0.2) is 0 Å². The predicted octanol–water partition coefficient (Wildman–Crippen LogP) is 11.2. The molecule has 4 rings (SSSR count). The molecular weight excluding hydrogens is 474 g/mol. The van der Waals surface area contributed by atoms with Gasteiger partial charge in [-0.3, -0.25) is 4.98 Å². The summed E-state index contributed by atoms with van der Waals surface area (Å²) in [6, 6.07) is 26.3. The van der Waals surface area contributed by atoms with E-state index in [2.05, 4.69) is 100 Å². The van der Waals surface area contributed by atoms with E-state index in [-0.39, 0.29) is 5.41 Å². The molecule has 2 heteroatoms. The number of hydrogen-bond acceptors (Lipinski definition) is 2. The molecule has 0 amide bonds. The lowest BCUT2D eigenvalue weighted by Gasteiger charge is -2.30. The Morgan fingerprint density at radius 2 is 1.41 bits per heavy atom. The molecule has 0 fully saturated rings.